The van der Waals surface area contributed by atoms with Crippen LogP contribution in [0.1, 0.15) is 10.7 Å². The van der Waals surface area contributed by atoms with E-state index in [1.54, 1.807) is 30.5 Å². The summed E-state index contributed by atoms with van der Waals surface area (Å²) in [4.78, 5) is 8.66. The van der Waals surface area contributed by atoms with E-state index in [2.05, 4.69) is 25.3 Å². The molecule has 1 aromatic heterocycles. The highest BCUT2D eigenvalue weighted by Crippen LogP contribution is 2.14. The summed E-state index contributed by atoms with van der Waals surface area (Å²) in [6.45, 7) is 3.29. The van der Waals surface area contributed by atoms with Gasteiger partial charge in [-0.25, -0.2) is 18.1 Å². The summed E-state index contributed by atoms with van der Waals surface area (Å²) in [7, 11) is -1.91. The van der Waals surface area contributed by atoms with E-state index in [4.69, 9.17) is 11.6 Å². The lowest BCUT2D eigenvalue weighted by Gasteiger charge is -2.12. The van der Waals surface area contributed by atoms with Crippen LogP contribution in [0.2, 0.25) is 5.02 Å². The van der Waals surface area contributed by atoms with Crippen molar-refractivity contribution in [3.63, 3.8) is 0 Å². The molecule has 3 N–H and O–H groups in total. The summed E-state index contributed by atoms with van der Waals surface area (Å²) in [5.41, 5.74) is 1.05. The van der Waals surface area contributed by atoms with E-state index in [0.717, 1.165) is 17.1 Å². The fourth-order valence-corrected chi connectivity index (χ4v) is 4.12. The van der Waals surface area contributed by atoms with Crippen molar-refractivity contribution >= 4 is 62.9 Å². The van der Waals surface area contributed by atoms with Gasteiger partial charge >= 0.3 is 0 Å². The molecule has 0 aliphatic rings. The minimum absolute atomic E-state index is 0. The summed E-state index contributed by atoms with van der Waals surface area (Å²) in [5.74, 6) is 0.610. The molecule has 0 radical (unpaired) electrons. The van der Waals surface area contributed by atoms with Crippen molar-refractivity contribution < 1.29 is 8.42 Å². The Kier molecular flexibility index (Phi) is 10.5. The summed E-state index contributed by atoms with van der Waals surface area (Å²) >= 11 is 7.46. The number of hydrogen-bond donors (Lipinski definition) is 3. The van der Waals surface area contributed by atoms with Gasteiger partial charge in [0.05, 0.1) is 15.6 Å². The highest BCUT2D eigenvalue weighted by atomic mass is 127. The molecule has 0 amide bonds. The van der Waals surface area contributed by atoms with Crippen LogP contribution in [-0.2, 0) is 16.4 Å². The van der Waals surface area contributed by atoms with Gasteiger partial charge in [0.2, 0.25) is 10.0 Å². The molecule has 0 spiro atoms. The summed E-state index contributed by atoms with van der Waals surface area (Å²) in [5, 5.41) is 9.71. The fraction of sp³-hybridized carbons (Fsp3) is 0.375. The van der Waals surface area contributed by atoms with Gasteiger partial charge in [-0.1, -0.05) is 17.7 Å². The first kappa shape index (κ1) is 24.1. The van der Waals surface area contributed by atoms with Crippen molar-refractivity contribution in [1.82, 2.24) is 20.3 Å². The Morgan fingerprint density at radius 3 is 2.63 bits per heavy atom. The third-order valence-electron chi connectivity index (χ3n) is 3.38. The molecule has 2 aromatic rings. The lowest BCUT2D eigenvalue weighted by molar-refractivity contribution is 0.580. The summed E-state index contributed by atoms with van der Waals surface area (Å²) in [6.07, 6.45) is 0.798. The number of nitrogens with zero attached hydrogens (tertiary/aromatic N) is 2. The lowest BCUT2D eigenvalue weighted by atomic mass is 10.3. The van der Waals surface area contributed by atoms with Crippen LogP contribution in [0, 0.1) is 6.92 Å². The number of aliphatic imine (C=N–C) groups is 1. The second kappa shape index (κ2) is 11.8. The molecule has 1 aromatic carbocycles. The SMILES string of the molecule is CN=C(NCCNS(=O)(=O)c1cccc(Cl)c1)NCCc1csc(C)n1.I. The van der Waals surface area contributed by atoms with Gasteiger partial charge in [-0.15, -0.1) is 35.3 Å². The van der Waals surface area contributed by atoms with Crippen LogP contribution in [0.3, 0.4) is 0 Å². The van der Waals surface area contributed by atoms with Crippen LogP contribution in [-0.4, -0.2) is 46.0 Å². The maximum atomic E-state index is 12.2. The standard InChI is InChI=1S/C16H22ClN5O2S2.HI/c1-12-22-14(11-25-12)6-7-19-16(18-2)20-8-9-21-26(23,24)15-5-3-4-13(17)10-15;/h3-5,10-11,21H,6-9H2,1-2H3,(H2,18,19,20);1H. The monoisotopic (exact) mass is 543 g/mol. The molecular formula is C16H23ClIN5O2S2. The molecule has 0 saturated carbocycles. The second-order valence-corrected chi connectivity index (χ2v) is 8.65. The molecule has 0 fully saturated rings. The number of halogens is 2. The van der Waals surface area contributed by atoms with E-state index in [9.17, 15) is 8.42 Å². The van der Waals surface area contributed by atoms with Crippen molar-refractivity contribution in [3.8, 4) is 0 Å². The van der Waals surface area contributed by atoms with Crippen molar-refractivity contribution in [3.05, 3.63) is 45.4 Å². The zero-order valence-corrected chi connectivity index (χ0v) is 19.7. The Balaban J connectivity index is 0.00000364. The van der Waals surface area contributed by atoms with Crippen LogP contribution in [0.5, 0.6) is 0 Å². The molecule has 0 aliphatic heterocycles. The molecular weight excluding hydrogens is 521 g/mol. The van der Waals surface area contributed by atoms with Gasteiger partial charge in [-0.05, 0) is 25.1 Å². The van der Waals surface area contributed by atoms with E-state index in [0.29, 0.717) is 24.1 Å². The molecule has 27 heavy (non-hydrogen) atoms. The number of benzene rings is 1. The Morgan fingerprint density at radius 2 is 2.00 bits per heavy atom. The van der Waals surface area contributed by atoms with Crippen molar-refractivity contribution in [1.29, 1.82) is 0 Å². The topological polar surface area (TPSA) is 95.5 Å². The second-order valence-electron chi connectivity index (χ2n) is 5.39. The molecule has 7 nitrogen and oxygen atoms in total. The fourth-order valence-electron chi connectivity index (χ4n) is 2.14. The molecule has 0 aliphatic carbocycles. The van der Waals surface area contributed by atoms with Crippen molar-refractivity contribution in [2.75, 3.05) is 26.7 Å². The highest BCUT2D eigenvalue weighted by molar-refractivity contribution is 14.0. The first-order valence-electron chi connectivity index (χ1n) is 8.01. The number of aryl methyl sites for hydroxylation is 1. The number of hydrogen-bond acceptors (Lipinski definition) is 5. The number of guanidine groups is 1. The van der Waals surface area contributed by atoms with Crippen LogP contribution >= 0.6 is 46.9 Å². The van der Waals surface area contributed by atoms with E-state index in [1.165, 1.54) is 12.1 Å². The molecule has 2 rings (SSSR count). The van der Waals surface area contributed by atoms with E-state index in [-0.39, 0.29) is 35.4 Å². The number of thiazole rings is 1. The number of nitrogens with one attached hydrogen (secondary N) is 3. The zero-order chi connectivity index (χ0) is 19.0. The third-order valence-corrected chi connectivity index (χ3v) is 5.90. The Labute approximate surface area is 186 Å². The minimum atomic E-state index is -3.58. The smallest absolute Gasteiger partial charge is 0.240 e. The van der Waals surface area contributed by atoms with E-state index >= 15 is 0 Å². The van der Waals surface area contributed by atoms with Crippen molar-refractivity contribution in [2.24, 2.45) is 4.99 Å². The first-order valence-corrected chi connectivity index (χ1v) is 10.8. The summed E-state index contributed by atoms with van der Waals surface area (Å²) < 4.78 is 26.9. The molecule has 1 heterocycles. The van der Waals surface area contributed by atoms with Gasteiger partial charge in [0.1, 0.15) is 0 Å². The van der Waals surface area contributed by atoms with Gasteiger partial charge in [0.15, 0.2) is 5.96 Å². The minimum Gasteiger partial charge on any atom is -0.356 e. The zero-order valence-electron chi connectivity index (χ0n) is 15.0. The van der Waals surface area contributed by atoms with Crippen LogP contribution in [0.15, 0.2) is 39.5 Å². The van der Waals surface area contributed by atoms with Crippen molar-refractivity contribution in [2.45, 2.75) is 18.2 Å². The van der Waals surface area contributed by atoms with E-state index < -0.39 is 10.0 Å². The van der Waals surface area contributed by atoms with Crippen LogP contribution in [0.25, 0.3) is 0 Å². The Hall–Kier alpha value is -0.950. The predicted molar refractivity (Wildman–Crippen MR) is 122 cm³/mol. The van der Waals surface area contributed by atoms with Gasteiger partial charge < -0.3 is 10.6 Å². The first-order chi connectivity index (χ1) is 12.4. The lowest BCUT2D eigenvalue weighted by Crippen LogP contribution is -2.42. The molecule has 0 saturated heterocycles. The van der Waals surface area contributed by atoms with Gasteiger partial charge in [0, 0.05) is 43.5 Å². The van der Waals surface area contributed by atoms with Crippen LogP contribution < -0.4 is 15.4 Å². The average molecular weight is 544 g/mol. The molecule has 150 valence electrons. The van der Waals surface area contributed by atoms with Crippen LogP contribution in [0.4, 0.5) is 0 Å². The molecule has 0 unspecified atom stereocenters. The quantitative estimate of drug-likeness (QED) is 0.206. The molecule has 0 atom stereocenters. The number of aromatic nitrogens is 1. The Morgan fingerprint density at radius 1 is 1.26 bits per heavy atom. The normalized spacial score (nSPS) is 11.7. The number of sulfonamides is 1. The third kappa shape index (κ3) is 8.30. The Bertz CT molecular complexity index is 858. The molecule has 11 heteroatoms. The molecule has 0 bridgehead atoms. The van der Waals surface area contributed by atoms with Gasteiger partial charge in [-0.3, -0.25) is 4.99 Å². The highest BCUT2D eigenvalue weighted by Gasteiger charge is 2.13. The maximum absolute atomic E-state index is 12.2. The van der Waals surface area contributed by atoms with Gasteiger partial charge in [-0.2, -0.15) is 0 Å². The van der Waals surface area contributed by atoms with E-state index in [1.807, 2.05) is 12.3 Å². The maximum Gasteiger partial charge on any atom is 0.240 e. The summed E-state index contributed by atoms with van der Waals surface area (Å²) in [6, 6.07) is 6.15. The largest absolute Gasteiger partial charge is 0.356 e. The predicted octanol–water partition coefficient (Wildman–Crippen LogP) is 2.41. The number of rotatable bonds is 8. The average Bonchev–Trinajstić information content (AvgIpc) is 3.02. The van der Waals surface area contributed by atoms with Gasteiger partial charge in [0.25, 0.3) is 0 Å².